The van der Waals surface area contributed by atoms with E-state index in [2.05, 4.69) is 6.07 Å². The lowest BCUT2D eigenvalue weighted by molar-refractivity contribution is 0.306. The summed E-state index contributed by atoms with van der Waals surface area (Å²) >= 11 is 6.15. The maximum atomic E-state index is 8.60. The first kappa shape index (κ1) is 13.5. The van der Waals surface area contributed by atoms with E-state index < -0.39 is 0 Å². The molecule has 2 rings (SSSR count). The summed E-state index contributed by atoms with van der Waals surface area (Å²) in [5.74, 6) is 0.776. The molecule has 0 aromatic heterocycles. The topological polar surface area (TPSA) is 33.0 Å². The summed E-state index contributed by atoms with van der Waals surface area (Å²) < 4.78 is 5.68. The van der Waals surface area contributed by atoms with Gasteiger partial charge in [0.25, 0.3) is 0 Å². The molecule has 96 valence electrons. The van der Waals surface area contributed by atoms with Gasteiger partial charge in [-0.3, -0.25) is 0 Å². The van der Waals surface area contributed by atoms with Crippen molar-refractivity contribution < 1.29 is 4.74 Å². The number of nitrogens with zero attached hydrogens (tertiary/aromatic N) is 1. The Bertz CT molecular complexity index is 599. The van der Waals surface area contributed by atoms with E-state index in [0.29, 0.717) is 13.0 Å². The molecular formula is C16H14ClNO. The van der Waals surface area contributed by atoms with Gasteiger partial charge in [-0.05, 0) is 36.2 Å². The molecule has 0 N–H and O–H groups in total. The second kappa shape index (κ2) is 6.26. The number of hydrogen-bond acceptors (Lipinski definition) is 2. The number of nitriles is 1. The Balaban J connectivity index is 2.00. The highest BCUT2D eigenvalue weighted by molar-refractivity contribution is 6.31. The highest BCUT2D eigenvalue weighted by Crippen LogP contribution is 2.20. The molecule has 2 aromatic rings. The van der Waals surface area contributed by atoms with Crippen LogP contribution >= 0.6 is 11.6 Å². The zero-order valence-corrected chi connectivity index (χ0v) is 11.4. The normalized spacial score (nSPS) is 9.95. The maximum Gasteiger partial charge on any atom is 0.119 e. The predicted molar refractivity (Wildman–Crippen MR) is 76.3 cm³/mol. The van der Waals surface area contributed by atoms with Crippen LogP contribution in [0.15, 0.2) is 42.5 Å². The minimum atomic E-state index is 0.421. The highest BCUT2D eigenvalue weighted by atomic mass is 35.5. The summed E-state index contributed by atoms with van der Waals surface area (Å²) in [6.07, 6.45) is 0.421. The Hall–Kier alpha value is -1.98. The van der Waals surface area contributed by atoms with Crippen molar-refractivity contribution in [2.24, 2.45) is 0 Å². The molecule has 3 heteroatoms. The number of ether oxygens (including phenoxy) is 1. The second-order valence-corrected chi connectivity index (χ2v) is 4.77. The van der Waals surface area contributed by atoms with E-state index in [1.165, 1.54) is 0 Å². The van der Waals surface area contributed by atoms with Crippen LogP contribution in [0.5, 0.6) is 5.75 Å². The average molecular weight is 272 g/mol. The van der Waals surface area contributed by atoms with Crippen LogP contribution in [0.2, 0.25) is 5.02 Å². The third-order valence-electron chi connectivity index (χ3n) is 2.81. The van der Waals surface area contributed by atoms with Crippen molar-refractivity contribution in [2.45, 2.75) is 20.0 Å². The van der Waals surface area contributed by atoms with Crippen LogP contribution in [0.25, 0.3) is 0 Å². The minimum Gasteiger partial charge on any atom is -0.489 e. The lowest BCUT2D eigenvalue weighted by atomic mass is 10.1. The van der Waals surface area contributed by atoms with Gasteiger partial charge in [0.05, 0.1) is 12.5 Å². The molecule has 0 saturated carbocycles. The van der Waals surface area contributed by atoms with Gasteiger partial charge in [0.15, 0.2) is 0 Å². The van der Waals surface area contributed by atoms with Gasteiger partial charge in [-0.2, -0.15) is 5.26 Å². The molecule has 2 aromatic carbocycles. The molecule has 0 bridgehead atoms. The Labute approximate surface area is 118 Å². The monoisotopic (exact) mass is 271 g/mol. The van der Waals surface area contributed by atoms with Crippen LogP contribution in [-0.4, -0.2) is 0 Å². The molecule has 0 aliphatic carbocycles. The van der Waals surface area contributed by atoms with Crippen molar-refractivity contribution in [1.29, 1.82) is 5.26 Å². The Morgan fingerprint density at radius 3 is 2.53 bits per heavy atom. The van der Waals surface area contributed by atoms with Crippen molar-refractivity contribution in [3.05, 3.63) is 64.2 Å². The lowest BCUT2D eigenvalue weighted by Crippen LogP contribution is -1.96. The van der Waals surface area contributed by atoms with E-state index in [4.69, 9.17) is 21.6 Å². The maximum absolute atomic E-state index is 8.60. The van der Waals surface area contributed by atoms with Crippen molar-refractivity contribution in [1.82, 2.24) is 0 Å². The Morgan fingerprint density at radius 1 is 1.16 bits per heavy atom. The second-order valence-electron chi connectivity index (χ2n) is 4.36. The fraction of sp³-hybridized carbons (Fsp3) is 0.188. The summed E-state index contributed by atoms with van der Waals surface area (Å²) in [5, 5.41) is 9.32. The smallest absolute Gasteiger partial charge is 0.119 e. The summed E-state index contributed by atoms with van der Waals surface area (Å²) in [7, 11) is 0. The van der Waals surface area contributed by atoms with Gasteiger partial charge in [-0.1, -0.05) is 35.9 Å². The van der Waals surface area contributed by atoms with Crippen LogP contribution in [0.4, 0.5) is 0 Å². The van der Waals surface area contributed by atoms with Gasteiger partial charge < -0.3 is 4.74 Å². The van der Waals surface area contributed by atoms with Crippen LogP contribution < -0.4 is 4.74 Å². The van der Waals surface area contributed by atoms with E-state index in [1.54, 1.807) is 0 Å². The third kappa shape index (κ3) is 3.74. The first-order chi connectivity index (χ1) is 9.19. The lowest BCUT2D eigenvalue weighted by Gasteiger charge is -2.08. The quantitative estimate of drug-likeness (QED) is 0.831. The molecule has 0 radical (unpaired) electrons. The van der Waals surface area contributed by atoms with Gasteiger partial charge in [0.2, 0.25) is 0 Å². The van der Waals surface area contributed by atoms with Crippen molar-refractivity contribution in [2.75, 3.05) is 0 Å². The molecular weight excluding hydrogens is 258 g/mol. The predicted octanol–water partition coefficient (Wildman–Crippen LogP) is 4.29. The summed E-state index contributed by atoms with van der Waals surface area (Å²) in [6, 6.07) is 15.6. The van der Waals surface area contributed by atoms with Gasteiger partial charge in [-0.25, -0.2) is 0 Å². The summed E-state index contributed by atoms with van der Waals surface area (Å²) in [5.41, 5.74) is 3.09. The van der Waals surface area contributed by atoms with E-state index in [9.17, 15) is 0 Å². The number of aryl methyl sites for hydroxylation is 1. The molecule has 0 aliphatic heterocycles. The van der Waals surface area contributed by atoms with E-state index in [0.717, 1.165) is 27.5 Å². The molecule has 0 heterocycles. The number of hydrogen-bond donors (Lipinski definition) is 0. The standard InChI is InChI=1S/C16H14ClNO/c1-12-2-5-14(16(17)10-12)11-19-15-6-3-13(4-7-15)8-9-18/h2-7,10H,8,11H2,1H3. The third-order valence-corrected chi connectivity index (χ3v) is 3.16. The number of rotatable bonds is 4. The molecule has 0 aliphatic rings. The average Bonchev–Trinajstić information content (AvgIpc) is 2.40. The van der Waals surface area contributed by atoms with Gasteiger partial charge in [-0.15, -0.1) is 0 Å². The summed E-state index contributed by atoms with van der Waals surface area (Å²) in [4.78, 5) is 0. The molecule has 0 amide bonds. The number of halogens is 1. The molecule has 19 heavy (non-hydrogen) atoms. The number of benzene rings is 2. The summed E-state index contributed by atoms with van der Waals surface area (Å²) in [6.45, 7) is 2.45. The van der Waals surface area contributed by atoms with Crippen molar-refractivity contribution in [3.8, 4) is 11.8 Å². The highest BCUT2D eigenvalue weighted by Gasteiger charge is 2.02. The van der Waals surface area contributed by atoms with Crippen LogP contribution in [0.3, 0.4) is 0 Å². The molecule has 0 unspecified atom stereocenters. The molecule has 0 saturated heterocycles. The molecule has 2 nitrogen and oxygen atoms in total. The zero-order valence-electron chi connectivity index (χ0n) is 10.7. The van der Waals surface area contributed by atoms with Gasteiger partial charge in [0, 0.05) is 10.6 Å². The molecule has 0 fully saturated rings. The van der Waals surface area contributed by atoms with Crippen molar-refractivity contribution in [3.63, 3.8) is 0 Å². The van der Waals surface area contributed by atoms with E-state index >= 15 is 0 Å². The van der Waals surface area contributed by atoms with Crippen molar-refractivity contribution >= 4 is 11.6 Å². The van der Waals surface area contributed by atoms with Crippen LogP contribution in [-0.2, 0) is 13.0 Å². The van der Waals surface area contributed by atoms with Gasteiger partial charge in [0.1, 0.15) is 12.4 Å². The first-order valence-electron chi connectivity index (χ1n) is 6.03. The fourth-order valence-corrected chi connectivity index (χ4v) is 2.01. The Kier molecular flexibility index (Phi) is 4.43. The van der Waals surface area contributed by atoms with Crippen LogP contribution in [0.1, 0.15) is 16.7 Å². The zero-order chi connectivity index (χ0) is 13.7. The Morgan fingerprint density at radius 2 is 1.89 bits per heavy atom. The minimum absolute atomic E-state index is 0.421. The van der Waals surface area contributed by atoms with E-state index in [1.807, 2.05) is 49.4 Å². The van der Waals surface area contributed by atoms with Crippen LogP contribution in [0, 0.1) is 18.3 Å². The SMILES string of the molecule is Cc1ccc(COc2ccc(CC#N)cc2)c(Cl)c1. The molecule has 0 spiro atoms. The first-order valence-corrected chi connectivity index (χ1v) is 6.40. The van der Waals surface area contributed by atoms with E-state index in [-0.39, 0.29) is 0 Å². The molecule has 0 atom stereocenters. The largest absolute Gasteiger partial charge is 0.489 e. The fourth-order valence-electron chi connectivity index (χ4n) is 1.73. The van der Waals surface area contributed by atoms with Gasteiger partial charge >= 0.3 is 0 Å².